The summed E-state index contributed by atoms with van der Waals surface area (Å²) in [7, 11) is 0. The second-order valence-electron chi connectivity index (χ2n) is 4.83. The van der Waals surface area contributed by atoms with E-state index in [-0.39, 0.29) is 13.0 Å². The van der Waals surface area contributed by atoms with E-state index in [2.05, 4.69) is 15.3 Å². The van der Waals surface area contributed by atoms with Crippen molar-refractivity contribution in [3.05, 3.63) is 18.2 Å². The van der Waals surface area contributed by atoms with Crippen molar-refractivity contribution in [2.45, 2.75) is 38.4 Å². The Hall–Kier alpha value is -1.53. The second kappa shape index (κ2) is 5.63. The standard InChI is InChI=1S/C12H16F3N3O/c13-12(14,15)10-4-2-1-3-9(10)11(19)17-6-8-5-16-7-18-8/h5,7,9-10H,1-4,6H2,(H,16,18)(H,17,19). The van der Waals surface area contributed by atoms with E-state index < -0.39 is 23.9 Å². The quantitative estimate of drug-likeness (QED) is 0.890. The van der Waals surface area contributed by atoms with E-state index in [1.165, 1.54) is 12.5 Å². The molecule has 0 spiro atoms. The maximum atomic E-state index is 12.9. The van der Waals surface area contributed by atoms with Crippen molar-refractivity contribution >= 4 is 5.91 Å². The Morgan fingerprint density at radius 2 is 2.16 bits per heavy atom. The van der Waals surface area contributed by atoms with Gasteiger partial charge < -0.3 is 10.3 Å². The third kappa shape index (κ3) is 3.48. The number of aromatic nitrogens is 2. The number of halogens is 3. The molecular weight excluding hydrogens is 259 g/mol. The first-order valence-electron chi connectivity index (χ1n) is 6.30. The highest BCUT2D eigenvalue weighted by Crippen LogP contribution is 2.41. The van der Waals surface area contributed by atoms with Crippen LogP contribution >= 0.6 is 0 Å². The highest BCUT2D eigenvalue weighted by Gasteiger charge is 2.47. The summed E-state index contributed by atoms with van der Waals surface area (Å²) < 4.78 is 38.6. The molecule has 2 atom stereocenters. The van der Waals surface area contributed by atoms with E-state index in [9.17, 15) is 18.0 Å². The molecule has 0 aromatic carbocycles. The predicted molar refractivity (Wildman–Crippen MR) is 61.9 cm³/mol. The fourth-order valence-corrected chi connectivity index (χ4v) is 2.53. The molecule has 7 heteroatoms. The fraction of sp³-hybridized carbons (Fsp3) is 0.667. The fourth-order valence-electron chi connectivity index (χ4n) is 2.53. The van der Waals surface area contributed by atoms with Crippen LogP contribution in [0.15, 0.2) is 12.5 Å². The average Bonchev–Trinajstić information content (AvgIpc) is 2.88. The molecule has 2 unspecified atom stereocenters. The summed E-state index contributed by atoms with van der Waals surface area (Å²) in [5.41, 5.74) is 0.674. The van der Waals surface area contributed by atoms with Gasteiger partial charge in [-0.3, -0.25) is 4.79 Å². The molecule has 0 saturated heterocycles. The van der Waals surface area contributed by atoms with Crippen molar-refractivity contribution < 1.29 is 18.0 Å². The Morgan fingerprint density at radius 3 is 2.79 bits per heavy atom. The summed E-state index contributed by atoms with van der Waals surface area (Å²) in [6.07, 6.45) is 0.257. The SMILES string of the molecule is O=C(NCc1cnc[nH]1)C1CCCCC1C(F)(F)F. The monoisotopic (exact) mass is 275 g/mol. The van der Waals surface area contributed by atoms with E-state index in [0.29, 0.717) is 25.0 Å². The van der Waals surface area contributed by atoms with Gasteiger partial charge in [-0.1, -0.05) is 12.8 Å². The molecule has 2 N–H and O–H groups in total. The van der Waals surface area contributed by atoms with Crippen LogP contribution in [0.2, 0.25) is 0 Å². The second-order valence-corrected chi connectivity index (χ2v) is 4.83. The first-order valence-corrected chi connectivity index (χ1v) is 6.30. The molecule has 1 aliphatic carbocycles. The predicted octanol–water partition coefficient (Wildman–Crippen LogP) is 2.39. The van der Waals surface area contributed by atoms with Crippen LogP contribution < -0.4 is 5.32 Å². The molecule has 1 saturated carbocycles. The number of rotatable bonds is 3. The number of nitrogens with one attached hydrogen (secondary N) is 2. The highest BCUT2D eigenvalue weighted by atomic mass is 19.4. The van der Waals surface area contributed by atoms with Crippen LogP contribution in [0.3, 0.4) is 0 Å². The molecule has 1 heterocycles. The van der Waals surface area contributed by atoms with Crippen LogP contribution in [0.25, 0.3) is 0 Å². The molecule has 0 radical (unpaired) electrons. The van der Waals surface area contributed by atoms with Gasteiger partial charge >= 0.3 is 6.18 Å². The molecule has 4 nitrogen and oxygen atoms in total. The summed E-state index contributed by atoms with van der Waals surface area (Å²) in [4.78, 5) is 18.5. The third-order valence-corrected chi connectivity index (χ3v) is 3.53. The number of H-pyrrole nitrogens is 1. The van der Waals surface area contributed by atoms with Gasteiger partial charge in [0.15, 0.2) is 0 Å². The lowest BCUT2D eigenvalue weighted by atomic mass is 9.78. The zero-order chi connectivity index (χ0) is 13.9. The van der Waals surface area contributed by atoms with Gasteiger partial charge in [0.25, 0.3) is 0 Å². The average molecular weight is 275 g/mol. The van der Waals surface area contributed by atoms with E-state index in [1.54, 1.807) is 0 Å². The number of carbonyl (C=O) groups is 1. The van der Waals surface area contributed by atoms with Crippen molar-refractivity contribution in [1.82, 2.24) is 15.3 Å². The van der Waals surface area contributed by atoms with E-state index >= 15 is 0 Å². The van der Waals surface area contributed by atoms with Gasteiger partial charge in [-0.2, -0.15) is 13.2 Å². The number of amides is 1. The van der Waals surface area contributed by atoms with E-state index in [4.69, 9.17) is 0 Å². The van der Waals surface area contributed by atoms with E-state index in [0.717, 1.165) is 0 Å². The van der Waals surface area contributed by atoms with Gasteiger partial charge in [-0.15, -0.1) is 0 Å². The zero-order valence-electron chi connectivity index (χ0n) is 10.3. The lowest BCUT2D eigenvalue weighted by Gasteiger charge is -2.31. The minimum absolute atomic E-state index is 0.0473. The number of carbonyl (C=O) groups excluding carboxylic acids is 1. The summed E-state index contributed by atoms with van der Waals surface area (Å²) in [6.45, 7) is 0.180. The summed E-state index contributed by atoms with van der Waals surface area (Å²) >= 11 is 0. The number of aromatic amines is 1. The lowest BCUT2D eigenvalue weighted by Crippen LogP contribution is -2.42. The normalized spacial score (nSPS) is 24.2. The van der Waals surface area contributed by atoms with Gasteiger partial charge in [0.2, 0.25) is 5.91 Å². The largest absolute Gasteiger partial charge is 0.392 e. The van der Waals surface area contributed by atoms with Crippen LogP contribution in [0.1, 0.15) is 31.4 Å². The minimum atomic E-state index is -4.30. The highest BCUT2D eigenvalue weighted by molar-refractivity contribution is 5.79. The van der Waals surface area contributed by atoms with Gasteiger partial charge in [0.1, 0.15) is 0 Å². The summed E-state index contributed by atoms with van der Waals surface area (Å²) in [5, 5.41) is 2.55. The van der Waals surface area contributed by atoms with Crippen molar-refractivity contribution in [2.75, 3.05) is 0 Å². The Morgan fingerprint density at radius 1 is 1.42 bits per heavy atom. The van der Waals surface area contributed by atoms with Crippen molar-refractivity contribution in [2.24, 2.45) is 11.8 Å². The molecule has 1 aromatic heterocycles. The molecule has 1 aromatic rings. The third-order valence-electron chi connectivity index (χ3n) is 3.53. The summed E-state index contributed by atoms with van der Waals surface area (Å²) in [5.74, 6) is -2.99. The number of nitrogens with zero attached hydrogens (tertiary/aromatic N) is 1. The molecular formula is C12H16F3N3O. The number of alkyl halides is 3. The van der Waals surface area contributed by atoms with Crippen LogP contribution in [-0.4, -0.2) is 22.1 Å². The molecule has 0 bridgehead atoms. The van der Waals surface area contributed by atoms with E-state index in [1.807, 2.05) is 0 Å². The molecule has 1 fully saturated rings. The van der Waals surface area contributed by atoms with Crippen LogP contribution in [-0.2, 0) is 11.3 Å². The zero-order valence-corrected chi connectivity index (χ0v) is 10.3. The Kier molecular flexibility index (Phi) is 4.11. The van der Waals surface area contributed by atoms with Crippen LogP contribution in [0.5, 0.6) is 0 Å². The Balaban J connectivity index is 1.95. The van der Waals surface area contributed by atoms with Crippen LogP contribution in [0, 0.1) is 11.8 Å². The Labute approximate surface area is 108 Å². The smallest absolute Gasteiger partial charge is 0.350 e. The number of hydrogen-bond donors (Lipinski definition) is 2. The minimum Gasteiger partial charge on any atom is -0.350 e. The van der Waals surface area contributed by atoms with Crippen molar-refractivity contribution in [3.8, 4) is 0 Å². The summed E-state index contributed by atoms with van der Waals surface area (Å²) in [6, 6.07) is 0. The molecule has 19 heavy (non-hydrogen) atoms. The molecule has 1 amide bonds. The number of imidazole rings is 1. The molecule has 106 valence electrons. The molecule has 1 aliphatic rings. The molecule has 2 rings (SSSR count). The topological polar surface area (TPSA) is 57.8 Å². The maximum Gasteiger partial charge on any atom is 0.392 e. The van der Waals surface area contributed by atoms with Gasteiger partial charge in [-0.25, -0.2) is 4.98 Å². The van der Waals surface area contributed by atoms with Crippen molar-refractivity contribution in [1.29, 1.82) is 0 Å². The van der Waals surface area contributed by atoms with Gasteiger partial charge in [0, 0.05) is 12.1 Å². The first kappa shape index (κ1) is 13.9. The maximum absolute atomic E-state index is 12.9. The van der Waals surface area contributed by atoms with Gasteiger partial charge in [-0.05, 0) is 12.8 Å². The van der Waals surface area contributed by atoms with Crippen molar-refractivity contribution in [3.63, 3.8) is 0 Å². The first-order chi connectivity index (χ1) is 8.98. The van der Waals surface area contributed by atoms with Gasteiger partial charge in [0.05, 0.1) is 24.5 Å². The Bertz CT molecular complexity index is 416. The van der Waals surface area contributed by atoms with Crippen LogP contribution in [0.4, 0.5) is 13.2 Å². The lowest BCUT2D eigenvalue weighted by molar-refractivity contribution is -0.198. The molecule has 0 aliphatic heterocycles. The number of hydrogen-bond acceptors (Lipinski definition) is 2.